The first-order chi connectivity index (χ1) is 30.2. The summed E-state index contributed by atoms with van der Waals surface area (Å²) in [6, 6.07) is 70.4. The summed E-state index contributed by atoms with van der Waals surface area (Å²) in [6.45, 7) is 4.00. The Labute approximate surface area is 359 Å². The fourth-order valence-corrected chi connectivity index (χ4v) is 9.36. The minimum Gasteiger partial charge on any atom is -0.354 e. The van der Waals surface area contributed by atoms with Crippen LogP contribution in [0.15, 0.2) is 218 Å². The van der Waals surface area contributed by atoms with Crippen LogP contribution in [0, 0.1) is 0 Å². The molecule has 0 atom stereocenters. The molecule has 3 aliphatic rings. The van der Waals surface area contributed by atoms with Gasteiger partial charge < -0.3 is 10.2 Å². The predicted octanol–water partition coefficient (Wildman–Crippen LogP) is 16.6. The fraction of sp³-hybridized carbons (Fsp3) is 0.0847. The van der Waals surface area contributed by atoms with Gasteiger partial charge in [0.15, 0.2) is 0 Å². The van der Waals surface area contributed by atoms with Gasteiger partial charge in [-0.05, 0) is 134 Å². The number of hydrogen-bond donors (Lipinski definition) is 1. The third kappa shape index (κ3) is 7.21. The van der Waals surface area contributed by atoms with Crippen molar-refractivity contribution in [3.63, 3.8) is 0 Å². The summed E-state index contributed by atoms with van der Waals surface area (Å²) in [6.07, 6.45) is 9.87. The number of anilines is 5. The summed E-state index contributed by atoms with van der Waals surface area (Å²) < 4.78 is 0. The Morgan fingerprint density at radius 2 is 1.15 bits per heavy atom. The standard InChI is InChI=1S/C45H30N2.C12H12.C2H6/c1-2-13-33(14-3-1)47(35-24-25-37-32(27-35)26-31-10-4-5-15-36(31)37)34-22-20-29(21-23-34)41-28-43-45(39-17-7-6-16-38(39)41)40-18-8-11-30-12-9-19-42(46-43)44(30)40;1-2-6-11(7-3-1)10-12-8-4-5-9-12;1-2/h1-25,27-28,46H,26H2;1-4,6-9H,5,10H2;1-2H3. The molecule has 61 heavy (non-hydrogen) atoms. The molecule has 294 valence electrons. The highest BCUT2D eigenvalue weighted by Gasteiger charge is 2.23. The van der Waals surface area contributed by atoms with Gasteiger partial charge in [0.25, 0.3) is 0 Å². The zero-order valence-corrected chi connectivity index (χ0v) is 34.8. The molecule has 0 amide bonds. The topological polar surface area (TPSA) is 15.3 Å². The lowest BCUT2D eigenvalue weighted by Crippen LogP contribution is -2.10. The molecule has 0 radical (unpaired) electrons. The molecule has 1 N–H and O–H groups in total. The minimum atomic E-state index is 0.972. The molecule has 1 heterocycles. The third-order valence-electron chi connectivity index (χ3n) is 12.1. The molecule has 1 aliphatic heterocycles. The van der Waals surface area contributed by atoms with E-state index in [1.165, 1.54) is 82.9 Å². The number of hydrogen-bond acceptors (Lipinski definition) is 2. The highest BCUT2D eigenvalue weighted by molar-refractivity contribution is 6.19. The van der Waals surface area contributed by atoms with Crippen molar-refractivity contribution < 1.29 is 0 Å². The van der Waals surface area contributed by atoms with Gasteiger partial charge in [-0.25, -0.2) is 0 Å². The molecule has 2 aliphatic carbocycles. The number of fused-ring (bicyclic) bond motifs is 7. The number of rotatable bonds is 6. The lowest BCUT2D eigenvalue weighted by atomic mass is 9.86. The third-order valence-corrected chi connectivity index (χ3v) is 12.1. The molecule has 0 saturated heterocycles. The number of para-hydroxylation sites is 1. The zero-order chi connectivity index (χ0) is 41.1. The maximum absolute atomic E-state index is 3.80. The van der Waals surface area contributed by atoms with E-state index in [0.717, 1.165) is 42.0 Å². The second kappa shape index (κ2) is 16.7. The average Bonchev–Trinajstić information content (AvgIpc) is 3.98. The van der Waals surface area contributed by atoms with Crippen molar-refractivity contribution in [3.05, 3.63) is 235 Å². The van der Waals surface area contributed by atoms with E-state index in [-0.39, 0.29) is 0 Å². The summed E-state index contributed by atoms with van der Waals surface area (Å²) in [5.74, 6) is 0. The van der Waals surface area contributed by atoms with Crippen molar-refractivity contribution in [1.29, 1.82) is 0 Å². The molecule has 0 saturated carbocycles. The second-order valence-electron chi connectivity index (χ2n) is 15.7. The van der Waals surface area contributed by atoms with Crippen molar-refractivity contribution in [2.75, 3.05) is 10.2 Å². The largest absolute Gasteiger partial charge is 0.354 e. The van der Waals surface area contributed by atoms with E-state index in [0.29, 0.717) is 0 Å². The quantitative estimate of drug-likeness (QED) is 0.181. The fourth-order valence-electron chi connectivity index (χ4n) is 9.36. The van der Waals surface area contributed by atoms with Gasteiger partial charge >= 0.3 is 0 Å². The molecule has 12 rings (SSSR count). The summed E-state index contributed by atoms with van der Waals surface area (Å²) >= 11 is 0. The van der Waals surface area contributed by atoms with Crippen LogP contribution in [0.25, 0.3) is 54.9 Å². The highest BCUT2D eigenvalue weighted by atomic mass is 15.1. The second-order valence-corrected chi connectivity index (χ2v) is 15.7. The van der Waals surface area contributed by atoms with E-state index in [2.05, 4.69) is 223 Å². The molecule has 0 unspecified atom stereocenters. The molecular weight excluding hydrogens is 737 g/mol. The van der Waals surface area contributed by atoms with E-state index < -0.39 is 0 Å². The van der Waals surface area contributed by atoms with Gasteiger partial charge in [0.2, 0.25) is 0 Å². The Morgan fingerprint density at radius 1 is 0.492 bits per heavy atom. The number of benzene rings is 9. The highest BCUT2D eigenvalue weighted by Crippen LogP contribution is 2.50. The molecule has 0 aromatic heterocycles. The normalized spacial score (nSPS) is 12.5. The summed E-state index contributed by atoms with van der Waals surface area (Å²) in [7, 11) is 0. The Balaban J connectivity index is 0.000000273. The Bertz CT molecular complexity index is 3080. The summed E-state index contributed by atoms with van der Waals surface area (Å²) in [5, 5.41) is 8.88. The maximum atomic E-state index is 3.80. The molecule has 2 nitrogen and oxygen atoms in total. The summed E-state index contributed by atoms with van der Waals surface area (Å²) in [5.41, 5.74) is 19.1. The van der Waals surface area contributed by atoms with Gasteiger partial charge in [0, 0.05) is 39.4 Å². The SMILES string of the molecule is C1=CC(Cc2ccccc2)=CC1.CC.c1ccc(N(c2ccc(-c3cc4c(c5ccccc35)-c3cccc5cccc(c35)N4)cc2)c2ccc3c(c2)Cc2ccccc2-3)cc1. The number of nitrogens with zero attached hydrogens (tertiary/aromatic N) is 1. The average molecular weight is 785 g/mol. The minimum absolute atomic E-state index is 0.972. The van der Waals surface area contributed by atoms with Crippen LogP contribution in [0.4, 0.5) is 28.4 Å². The van der Waals surface area contributed by atoms with E-state index in [1.54, 1.807) is 0 Å². The first kappa shape index (κ1) is 37.8. The van der Waals surface area contributed by atoms with E-state index in [1.807, 2.05) is 13.8 Å². The number of nitrogens with one attached hydrogen (secondary N) is 1. The van der Waals surface area contributed by atoms with Crippen molar-refractivity contribution >= 4 is 50.0 Å². The van der Waals surface area contributed by atoms with E-state index in [9.17, 15) is 0 Å². The van der Waals surface area contributed by atoms with Gasteiger partial charge in [0.05, 0.1) is 0 Å². The Morgan fingerprint density at radius 3 is 1.93 bits per heavy atom. The predicted molar refractivity (Wildman–Crippen MR) is 262 cm³/mol. The lowest BCUT2D eigenvalue weighted by Gasteiger charge is -2.27. The molecular formula is C59H48N2. The first-order valence-corrected chi connectivity index (χ1v) is 21.7. The van der Waals surface area contributed by atoms with Crippen LogP contribution >= 0.6 is 0 Å². The Kier molecular flexibility index (Phi) is 10.3. The lowest BCUT2D eigenvalue weighted by molar-refractivity contribution is 1.20. The first-order valence-electron chi connectivity index (χ1n) is 21.7. The molecule has 0 spiro atoms. The van der Waals surface area contributed by atoms with Crippen LogP contribution in [-0.2, 0) is 12.8 Å². The van der Waals surface area contributed by atoms with Crippen LogP contribution in [0.5, 0.6) is 0 Å². The van der Waals surface area contributed by atoms with Crippen molar-refractivity contribution in [3.8, 4) is 33.4 Å². The van der Waals surface area contributed by atoms with E-state index in [4.69, 9.17) is 0 Å². The molecule has 9 aromatic carbocycles. The van der Waals surface area contributed by atoms with Crippen LogP contribution < -0.4 is 10.2 Å². The van der Waals surface area contributed by atoms with Crippen molar-refractivity contribution in [2.24, 2.45) is 0 Å². The van der Waals surface area contributed by atoms with Gasteiger partial charge in [-0.15, -0.1) is 0 Å². The molecule has 2 heteroatoms. The van der Waals surface area contributed by atoms with Crippen molar-refractivity contribution in [2.45, 2.75) is 33.1 Å². The van der Waals surface area contributed by atoms with E-state index >= 15 is 0 Å². The Hall–Kier alpha value is -7.42. The van der Waals surface area contributed by atoms with Gasteiger partial charge in [0.1, 0.15) is 0 Å². The van der Waals surface area contributed by atoms with Crippen LogP contribution in [0.2, 0.25) is 0 Å². The van der Waals surface area contributed by atoms with Crippen LogP contribution in [0.3, 0.4) is 0 Å². The molecule has 0 fully saturated rings. The zero-order valence-electron chi connectivity index (χ0n) is 34.8. The summed E-state index contributed by atoms with van der Waals surface area (Å²) in [4.78, 5) is 2.37. The van der Waals surface area contributed by atoms with Crippen LogP contribution in [-0.4, -0.2) is 0 Å². The molecule has 9 aromatic rings. The molecule has 0 bridgehead atoms. The number of allylic oxidation sites excluding steroid dienone is 4. The maximum Gasteiger partial charge on any atom is 0.0477 e. The van der Waals surface area contributed by atoms with Gasteiger partial charge in [-0.3, -0.25) is 0 Å². The monoisotopic (exact) mass is 784 g/mol. The van der Waals surface area contributed by atoms with Gasteiger partial charge in [-0.1, -0.05) is 178 Å². The smallest absolute Gasteiger partial charge is 0.0477 e. The van der Waals surface area contributed by atoms with Crippen LogP contribution in [0.1, 0.15) is 37.0 Å². The van der Waals surface area contributed by atoms with Crippen molar-refractivity contribution in [1.82, 2.24) is 0 Å². The van der Waals surface area contributed by atoms with Gasteiger partial charge in [-0.2, -0.15) is 0 Å².